The summed E-state index contributed by atoms with van der Waals surface area (Å²) in [6, 6.07) is 5.94. The van der Waals surface area contributed by atoms with Gasteiger partial charge in [0.1, 0.15) is 4.99 Å². The number of hydrogen-bond acceptors (Lipinski definition) is 4. The number of hydrogen-bond donors (Lipinski definition) is 2. The van der Waals surface area contributed by atoms with E-state index in [2.05, 4.69) is 10.3 Å². The lowest BCUT2D eigenvalue weighted by Crippen LogP contribution is -2.12. The lowest BCUT2D eigenvalue weighted by Gasteiger charge is -2.09. The lowest BCUT2D eigenvalue weighted by atomic mass is 10.1. The molecule has 1 aromatic carbocycles. The second kappa shape index (κ2) is 4.81. The van der Waals surface area contributed by atoms with Crippen LogP contribution >= 0.6 is 23.6 Å². The van der Waals surface area contributed by atoms with E-state index in [1.54, 1.807) is 11.3 Å². The molecule has 5 heteroatoms. The normalized spacial score (nSPS) is 10.2. The molecule has 0 fully saturated rings. The second-order valence-corrected chi connectivity index (χ2v) is 5.49. The molecule has 0 radical (unpaired) electrons. The summed E-state index contributed by atoms with van der Waals surface area (Å²) in [6.07, 6.45) is 1.84. The van der Waals surface area contributed by atoms with Gasteiger partial charge in [-0.15, -0.1) is 11.3 Å². The van der Waals surface area contributed by atoms with Gasteiger partial charge in [0.25, 0.3) is 0 Å². The first kappa shape index (κ1) is 12.0. The Morgan fingerprint density at radius 3 is 2.76 bits per heavy atom. The molecule has 0 saturated carbocycles. The third-order valence-electron chi connectivity index (χ3n) is 2.30. The quantitative estimate of drug-likeness (QED) is 0.835. The summed E-state index contributed by atoms with van der Waals surface area (Å²) in [5.74, 6) is 0. The lowest BCUT2D eigenvalue weighted by molar-refractivity contribution is 1.35. The Labute approximate surface area is 110 Å². The van der Waals surface area contributed by atoms with Crippen molar-refractivity contribution in [1.29, 1.82) is 0 Å². The maximum Gasteiger partial charge on any atom is 0.187 e. The van der Waals surface area contributed by atoms with E-state index in [0.717, 1.165) is 26.8 Å². The summed E-state index contributed by atoms with van der Waals surface area (Å²) in [5, 5.41) is 4.11. The molecule has 2 aromatic rings. The molecule has 0 aliphatic rings. The molecule has 0 atom stereocenters. The van der Waals surface area contributed by atoms with Crippen molar-refractivity contribution >= 4 is 39.4 Å². The van der Waals surface area contributed by atoms with Gasteiger partial charge in [-0.1, -0.05) is 18.3 Å². The Morgan fingerprint density at radius 1 is 1.41 bits per heavy atom. The molecule has 0 saturated heterocycles. The zero-order valence-electron chi connectivity index (χ0n) is 9.65. The summed E-state index contributed by atoms with van der Waals surface area (Å²) < 4.78 is 0. The molecular formula is C12H13N3S2. The molecule has 17 heavy (non-hydrogen) atoms. The number of rotatable bonds is 3. The van der Waals surface area contributed by atoms with E-state index in [0.29, 0.717) is 4.99 Å². The van der Waals surface area contributed by atoms with E-state index in [1.165, 1.54) is 0 Å². The average Bonchev–Trinajstić information content (AvgIpc) is 2.63. The van der Waals surface area contributed by atoms with E-state index in [-0.39, 0.29) is 0 Å². The number of aromatic nitrogens is 1. The molecule has 0 aliphatic carbocycles. The van der Waals surface area contributed by atoms with Crippen molar-refractivity contribution in [1.82, 2.24) is 4.98 Å². The largest absolute Gasteiger partial charge is 0.389 e. The summed E-state index contributed by atoms with van der Waals surface area (Å²) in [5.41, 5.74) is 8.61. The first-order valence-electron chi connectivity index (χ1n) is 5.16. The molecule has 1 heterocycles. The Balaban J connectivity index is 2.37. The third-order valence-corrected chi connectivity index (χ3v) is 3.35. The zero-order chi connectivity index (χ0) is 12.4. The van der Waals surface area contributed by atoms with Gasteiger partial charge in [-0.3, -0.25) is 0 Å². The Hall–Kier alpha value is -1.46. The van der Waals surface area contributed by atoms with Gasteiger partial charge in [0.2, 0.25) is 0 Å². The van der Waals surface area contributed by atoms with Gasteiger partial charge >= 0.3 is 0 Å². The van der Waals surface area contributed by atoms with Gasteiger partial charge in [0.15, 0.2) is 5.13 Å². The van der Waals surface area contributed by atoms with Crippen LogP contribution in [0.15, 0.2) is 24.4 Å². The molecule has 88 valence electrons. The fourth-order valence-electron chi connectivity index (χ4n) is 1.50. The van der Waals surface area contributed by atoms with E-state index in [4.69, 9.17) is 18.0 Å². The number of benzene rings is 1. The van der Waals surface area contributed by atoms with Gasteiger partial charge in [-0.05, 0) is 31.5 Å². The Bertz CT molecular complexity index is 561. The van der Waals surface area contributed by atoms with Crippen LogP contribution in [0.25, 0.3) is 0 Å². The summed E-state index contributed by atoms with van der Waals surface area (Å²) in [6.45, 7) is 4.05. The minimum absolute atomic E-state index is 0.390. The van der Waals surface area contributed by atoms with Crippen LogP contribution in [0.1, 0.15) is 16.0 Å². The molecule has 3 nitrogen and oxygen atoms in total. The predicted octanol–water partition coefficient (Wildman–Crippen LogP) is 3.14. The van der Waals surface area contributed by atoms with Crippen molar-refractivity contribution in [3.8, 4) is 0 Å². The molecule has 0 bridgehead atoms. The zero-order valence-corrected chi connectivity index (χ0v) is 11.3. The molecular weight excluding hydrogens is 250 g/mol. The highest BCUT2D eigenvalue weighted by Gasteiger charge is 2.07. The van der Waals surface area contributed by atoms with Crippen LogP contribution in [-0.2, 0) is 0 Å². The highest BCUT2D eigenvalue weighted by Crippen LogP contribution is 2.25. The van der Waals surface area contributed by atoms with Gasteiger partial charge in [-0.25, -0.2) is 4.98 Å². The second-order valence-electron chi connectivity index (χ2n) is 3.81. The van der Waals surface area contributed by atoms with Gasteiger partial charge in [-0.2, -0.15) is 0 Å². The van der Waals surface area contributed by atoms with Crippen molar-refractivity contribution in [2.24, 2.45) is 5.73 Å². The highest BCUT2D eigenvalue weighted by molar-refractivity contribution is 7.80. The van der Waals surface area contributed by atoms with Gasteiger partial charge < -0.3 is 11.1 Å². The Morgan fingerprint density at radius 2 is 2.18 bits per heavy atom. The number of nitrogens with zero attached hydrogens (tertiary/aromatic N) is 1. The van der Waals surface area contributed by atoms with Crippen molar-refractivity contribution in [3.05, 3.63) is 40.4 Å². The van der Waals surface area contributed by atoms with Crippen molar-refractivity contribution in [2.75, 3.05) is 5.32 Å². The smallest absolute Gasteiger partial charge is 0.187 e. The van der Waals surface area contributed by atoms with Gasteiger partial charge in [0, 0.05) is 16.6 Å². The number of nitrogens with one attached hydrogen (secondary N) is 1. The predicted molar refractivity (Wildman–Crippen MR) is 77.2 cm³/mol. The van der Waals surface area contributed by atoms with E-state index >= 15 is 0 Å². The van der Waals surface area contributed by atoms with Crippen LogP contribution in [0.5, 0.6) is 0 Å². The molecule has 1 aromatic heterocycles. The number of thiocarbonyl (C=S) groups is 1. The molecule has 2 rings (SSSR count). The SMILES string of the molecule is Cc1ccc(C(N)=S)c(Nc2ncc(C)s2)c1. The first-order chi connectivity index (χ1) is 8.06. The fraction of sp³-hybridized carbons (Fsp3) is 0.167. The van der Waals surface area contributed by atoms with Crippen LogP contribution in [0.4, 0.5) is 10.8 Å². The minimum atomic E-state index is 0.390. The molecule has 3 N–H and O–H groups in total. The van der Waals surface area contributed by atoms with Gasteiger partial charge in [0.05, 0.1) is 5.69 Å². The Kier molecular flexibility index (Phi) is 3.40. The standard InChI is InChI=1S/C12H13N3S2/c1-7-3-4-9(11(13)16)10(5-7)15-12-14-6-8(2)17-12/h3-6H,1-2H3,(H2,13,16)(H,14,15). The average molecular weight is 263 g/mol. The first-order valence-corrected chi connectivity index (χ1v) is 6.38. The van der Waals surface area contributed by atoms with Crippen LogP contribution in [0.2, 0.25) is 0 Å². The number of anilines is 2. The van der Waals surface area contributed by atoms with E-state index < -0.39 is 0 Å². The van der Waals surface area contributed by atoms with E-state index in [1.807, 2.05) is 38.2 Å². The summed E-state index contributed by atoms with van der Waals surface area (Å²) in [7, 11) is 0. The topological polar surface area (TPSA) is 50.9 Å². The van der Waals surface area contributed by atoms with Crippen molar-refractivity contribution in [3.63, 3.8) is 0 Å². The third kappa shape index (κ3) is 2.81. The molecule has 0 aliphatic heterocycles. The number of aryl methyl sites for hydroxylation is 2. The highest BCUT2D eigenvalue weighted by atomic mass is 32.1. The van der Waals surface area contributed by atoms with E-state index in [9.17, 15) is 0 Å². The molecule has 0 amide bonds. The molecule has 0 unspecified atom stereocenters. The van der Waals surface area contributed by atoms with Crippen LogP contribution < -0.4 is 11.1 Å². The monoisotopic (exact) mass is 263 g/mol. The van der Waals surface area contributed by atoms with Crippen LogP contribution in [0, 0.1) is 13.8 Å². The minimum Gasteiger partial charge on any atom is -0.389 e. The number of nitrogens with two attached hydrogens (primary N) is 1. The van der Waals surface area contributed by atoms with Crippen LogP contribution in [0.3, 0.4) is 0 Å². The summed E-state index contributed by atoms with van der Waals surface area (Å²) in [4.78, 5) is 5.82. The summed E-state index contributed by atoms with van der Waals surface area (Å²) >= 11 is 6.64. The fourth-order valence-corrected chi connectivity index (χ4v) is 2.36. The van der Waals surface area contributed by atoms with Crippen molar-refractivity contribution in [2.45, 2.75) is 13.8 Å². The van der Waals surface area contributed by atoms with Crippen molar-refractivity contribution < 1.29 is 0 Å². The maximum atomic E-state index is 5.70. The number of thiazole rings is 1. The maximum absolute atomic E-state index is 5.70. The molecule has 0 spiro atoms. The van der Waals surface area contributed by atoms with Crippen LogP contribution in [-0.4, -0.2) is 9.97 Å².